The number of nitrogens with two attached hydrogens (primary N) is 1. The lowest BCUT2D eigenvalue weighted by atomic mass is 10.2. The maximum absolute atomic E-state index is 6.03. The third kappa shape index (κ3) is 1.90. The van der Waals surface area contributed by atoms with Crippen molar-refractivity contribution < 1.29 is 9.47 Å². The molecule has 110 valence electrons. The van der Waals surface area contributed by atoms with Crippen molar-refractivity contribution in [2.45, 2.75) is 37.9 Å². The van der Waals surface area contributed by atoms with Gasteiger partial charge in [-0.1, -0.05) is 15.9 Å². The van der Waals surface area contributed by atoms with Gasteiger partial charge in [-0.2, -0.15) is 0 Å². The summed E-state index contributed by atoms with van der Waals surface area (Å²) in [6, 6.07) is -0.0731. The minimum absolute atomic E-state index is 0.0731. The number of nitrogen functional groups attached to an aromatic ring is 1. The third-order valence-electron chi connectivity index (χ3n) is 3.77. The Hall–Kier alpha value is -1.51. The number of fused-ring (bicyclic) bond motifs is 2. The summed E-state index contributed by atoms with van der Waals surface area (Å²) in [5.41, 5.74) is 7.13. The van der Waals surface area contributed by atoms with E-state index in [0.717, 1.165) is 4.48 Å². The lowest BCUT2D eigenvalue weighted by Gasteiger charge is -2.23. The van der Waals surface area contributed by atoms with Crippen LogP contribution in [-0.4, -0.2) is 37.5 Å². The van der Waals surface area contributed by atoms with E-state index in [0.29, 0.717) is 17.0 Å². The highest BCUT2D eigenvalue weighted by molar-refractivity contribution is 9.11. The molecular weight excluding hydrogens is 338 g/mol. The van der Waals surface area contributed by atoms with E-state index < -0.39 is 5.79 Å². The molecule has 0 saturated carbocycles. The molecule has 0 spiro atoms. The van der Waals surface area contributed by atoms with Gasteiger partial charge in [0.2, 0.25) is 0 Å². The summed E-state index contributed by atoms with van der Waals surface area (Å²) in [4.78, 5) is 12.6. The molecule has 0 aromatic carbocycles. The molecular formula is C13H14BrN5O2. The molecule has 3 heterocycles. The molecule has 21 heavy (non-hydrogen) atoms. The molecule has 2 aromatic rings. The van der Waals surface area contributed by atoms with E-state index in [9.17, 15) is 0 Å². The quantitative estimate of drug-likeness (QED) is 0.842. The molecule has 3 atom stereocenters. The number of halogens is 1. The summed E-state index contributed by atoms with van der Waals surface area (Å²) < 4.78 is 14.9. The number of hydrogen-bond donors (Lipinski definition) is 1. The number of anilines is 1. The highest BCUT2D eigenvalue weighted by Gasteiger charge is 2.50. The third-order valence-corrected chi connectivity index (χ3v) is 4.50. The van der Waals surface area contributed by atoms with Gasteiger partial charge in [0.15, 0.2) is 17.3 Å². The number of hydrogen-bond acceptors (Lipinski definition) is 6. The van der Waals surface area contributed by atoms with Crippen LogP contribution in [0.25, 0.3) is 11.2 Å². The second-order valence-electron chi connectivity index (χ2n) is 5.64. The predicted octanol–water partition coefficient (Wildman–Crippen LogP) is 1.76. The maximum atomic E-state index is 6.03. The van der Waals surface area contributed by atoms with Crippen LogP contribution >= 0.6 is 15.9 Å². The Morgan fingerprint density at radius 3 is 2.90 bits per heavy atom. The van der Waals surface area contributed by atoms with Crippen molar-refractivity contribution in [1.29, 1.82) is 0 Å². The van der Waals surface area contributed by atoms with Crippen molar-refractivity contribution in [3.8, 4) is 0 Å². The van der Waals surface area contributed by atoms with Gasteiger partial charge in [0.1, 0.15) is 24.1 Å². The Kier molecular flexibility index (Phi) is 2.66. The maximum Gasteiger partial charge on any atom is 0.166 e. The summed E-state index contributed by atoms with van der Waals surface area (Å²) in [5.74, 6) is -0.223. The first-order valence-electron chi connectivity index (χ1n) is 6.62. The fourth-order valence-electron chi connectivity index (χ4n) is 2.97. The van der Waals surface area contributed by atoms with Crippen LogP contribution in [0, 0.1) is 0 Å². The van der Waals surface area contributed by atoms with E-state index in [1.54, 1.807) is 6.33 Å². The predicted molar refractivity (Wildman–Crippen MR) is 79.6 cm³/mol. The Labute approximate surface area is 129 Å². The fraction of sp³-hybridized carbons (Fsp3) is 0.462. The molecule has 1 aliphatic heterocycles. The van der Waals surface area contributed by atoms with Crippen molar-refractivity contribution in [2.24, 2.45) is 0 Å². The van der Waals surface area contributed by atoms with Gasteiger partial charge in [0.25, 0.3) is 0 Å². The monoisotopic (exact) mass is 351 g/mol. The summed E-state index contributed by atoms with van der Waals surface area (Å²) in [6.45, 7) is 3.83. The number of rotatable bonds is 1. The Morgan fingerprint density at radius 1 is 1.29 bits per heavy atom. The molecule has 8 heteroatoms. The Bertz CT molecular complexity index is 756. The van der Waals surface area contributed by atoms with Gasteiger partial charge >= 0.3 is 0 Å². The standard InChI is InChI=1S/C13H14BrN5O2/c1-13(2)20-7-3-6(14)9(10(7)21-13)19-5-18-8-11(15)16-4-17-12(8)19/h3-5,7,9-10H,1-2H3,(H2,15,16,17)/t7-,9-,10-/m1/s1. The van der Waals surface area contributed by atoms with Gasteiger partial charge in [0.05, 0.1) is 12.4 Å². The molecule has 0 bridgehead atoms. The number of nitrogens with zero attached hydrogens (tertiary/aromatic N) is 4. The summed E-state index contributed by atoms with van der Waals surface area (Å²) in [7, 11) is 0. The number of aromatic nitrogens is 4. The fourth-order valence-corrected chi connectivity index (χ4v) is 3.71. The SMILES string of the molecule is CC1(C)O[C@H]2[C@H](n3cnc4c(N)ncnc43)C(Br)=C[C@H]2O1. The van der Waals surface area contributed by atoms with E-state index in [4.69, 9.17) is 15.2 Å². The van der Waals surface area contributed by atoms with Crippen LogP contribution in [0.2, 0.25) is 0 Å². The zero-order chi connectivity index (χ0) is 14.8. The minimum atomic E-state index is -0.595. The Balaban J connectivity index is 1.82. The summed E-state index contributed by atoms with van der Waals surface area (Å²) >= 11 is 3.60. The Morgan fingerprint density at radius 2 is 2.10 bits per heavy atom. The van der Waals surface area contributed by atoms with Crippen molar-refractivity contribution in [3.05, 3.63) is 23.2 Å². The van der Waals surface area contributed by atoms with Crippen LogP contribution in [-0.2, 0) is 9.47 Å². The van der Waals surface area contributed by atoms with Crippen LogP contribution in [0.4, 0.5) is 5.82 Å². The zero-order valence-electron chi connectivity index (χ0n) is 11.5. The molecule has 1 aliphatic carbocycles. The molecule has 2 aliphatic rings. The average Bonchev–Trinajstić information content (AvgIpc) is 3.00. The van der Waals surface area contributed by atoms with Crippen LogP contribution in [0.5, 0.6) is 0 Å². The number of imidazole rings is 1. The van der Waals surface area contributed by atoms with Crippen LogP contribution in [0.1, 0.15) is 19.9 Å². The topological polar surface area (TPSA) is 88.1 Å². The summed E-state index contributed by atoms with van der Waals surface area (Å²) in [5, 5.41) is 0. The lowest BCUT2D eigenvalue weighted by Crippen LogP contribution is -2.28. The van der Waals surface area contributed by atoms with Crippen LogP contribution in [0.15, 0.2) is 23.2 Å². The van der Waals surface area contributed by atoms with Gasteiger partial charge in [0, 0.05) is 4.48 Å². The van der Waals surface area contributed by atoms with Gasteiger partial charge in [-0.15, -0.1) is 0 Å². The van der Waals surface area contributed by atoms with E-state index in [2.05, 4.69) is 30.9 Å². The molecule has 4 rings (SSSR count). The molecule has 0 unspecified atom stereocenters. The van der Waals surface area contributed by atoms with Gasteiger partial charge in [-0.3, -0.25) is 0 Å². The van der Waals surface area contributed by atoms with E-state index >= 15 is 0 Å². The molecule has 2 aromatic heterocycles. The lowest BCUT2D eigenvalue weighted by molar-refractivity contribution is -0.147. The highest BCUT2D eigenvalue weighted by Crippen LogP contribution is 2.46. The van der Waals surface area contributed by atoms with E-state index in [-0.39, 0.29) is 18.2 Å². The largest absolute Gasteiger partial charge is 0.382 e. The molecule has 1 fully saturated rings. The minimum Gasteiger partial charge on any atom is -0.382 e. The van der Waals surface area contributed by atoms with Crippen LogP contribution in [0.3, 0.4) is 0 Å². The first-order valence-corrected chi connectivity index (χ1v) is 7.41. The molecule has 7 nitrogen and oxygen atoms in total. The number of ether oxygens (including phenoxy) is 2. The molecule has 1 saturated heterocycles. The second-order valence-corrected chi connectivity index (χ2v) is 6.56. The van der Waals surface area contributed by atoms with Crippen LogP contribution < -0.4 is 5.73 Å². The highest BCUT2D eigenvalue weighted by atomic mass is 79.9. The van der Waals surface area contributed by atoms with Crippen molar-refractivity contribution in [3.63, 3.8) is 0 Å². The zero-order valence-corrected chi connectivity index (χ0v) is 13.1. The molecule has 2 N–H and O–H groups in total. The van der Waals surface area contributed by atoms with Crippen molar-refractivity contribution in [1.82, 2.24) is 19.5 Å². The summed E-state index contributed by atoms with van der Waals surface area (Å²) in [6.07, 6.45) is 4.97. The van der Waals surface area contributed by atoms with Gasteiger partial charge < -0.3 is 19.8 Å². The molecule has 0 radical (unpaired) electrons. The molecule has 0 amide bonds. The smallest absolute Gasteiger partial charge is 0.166 e. The van der Waals surface area contributed by atoms with E-state index in [1.807, 2.05) is 24.5 Å². The van der Waals surface area contributed by atoms with Gasteiger partial charge in [-0.25, -0.2) is 15.0 Å². The first-order chi connectivity index (χ1) is 9.96. The van der Waals surface area contributed by atoms with Crippen molar-refractivity contribution >= 4 is 32.9 Å². The first kappa shape index (κ1) is 13.2. The van der Waals surface area contributed by atoms with Gasteiger partial charge in [-0.05, 0) is 19.9 Å². The average molecular weight is 352 g/mol. The van der Waals surface area contributed by atoms with Crippen molar-refractivity contribution in [2.75, 3.05) is 5.73 Å². The second kappa shape index (κ2) is 4.25. The van der Waals surface area contributed by atoms with E-state index in [1.165, 1.54) is 6.33 Å². The normalized spacial score (nSPS) is 30.6.